The van der Waals surface area contributed by atoms with Crippen molar-refractivity contribution < 1.29 is 9.59 Å². The first-order chi connectivity index (χ1) is 14.2. The summed E-state index contributed by atoms with van der Waals surface area (Å²) in [6, 6.07) is 27.3. The zero-order valence-corrected chi connectivity index (χ0v) is 16.9. The zero-order valence-electron chi connectivity index (χ0n) is 16.1. The predicted molar refractivity (Wildman–Crippen MR) is 119 cm³/mol. The van der Waals surface area contributed by atoms with Crippen LogP contribution in [0.3, 0.4) is 0 Å². The van der Waals surface area contributed by atoms with Gasteiger partial charge in [-0.1, -0.05) is 90.5 Å². The van der Waals surface area contributed by atoms with Crippen LogP contribution < -0.4 is 0 Å². The highest BCUT2D eigenvalue weighted by atomic mass is 32.1. The van der Waals surface area contributed by atoms with Gasteiger partial charge in [0.1, 0.15) is 0 Å². The molecule has 29 heavy (non-hydrogen) atoms. The lowest BCUT2D eigenvalue weighted by atomic mass is 9.92. The molecule has 0 aliphatic heterocycles. The summed E-state index contributed by atoms with van der Waals surface area (Å²) in [5, 5.41) is 0. The number of aryl methyl sites for hydroxylation is 1. The third-order valence-electron chi connectivity index (χ3n) is 4.91. The van der Waals surface area contributed by atoms with Gasteiger partial charge in [-0.05, 0) is 30.0 Å². The smallest absolute Gasteiger partial charge is 0.194 e. The first-order valence-electron chi connectivity index (χ1n) is 9.49. The summed E-state index contributed by atoms with van der Waals surface area (Å²) in [5.41, 5.74) is 5.24. The van der Waals surface area contributed by atoms with Gasteiger partial charge in [-0.25, -0.2) is 0 Å². The summed E-state index contributed by atoms with van der Waals surface area (Å²) < 4.78 is 0. The van der Waals surface area contributed by atoms with Crippen LogP contribution in [0.1, 0.15) is 42.3 Å². The average Bonchev–Trinajstić information content (AvgIpc) is 3.13. The molecule has 0 fully saturated rings. The molecule has 0 unspecified atom stereocenters. The van der Waals surface area contributed by atoms with E-state index in [1.807, 2.05) is 85.8 Å². The highest BCUT2D eigenvalue weighted by Crippen LogP contribution is 2.39. The summed E-state index contributed by atoms with van der Waals surface area (Å²) in [6.45, 7) is 2.03. The highest BCUT2D eigenvalue weighted by Gasteiger charge is 2.25. The van der Waals surface area contributed by atoms with Crippen LogP contribution in [0.15, 0.2) is 84.9 Å². The molecule has 3 heteroatoms. The van der Waals surface area contributed by atoms with Crippen LogP contribution in [0, 0.1) is 6.92 Å². The molecule has 0 bridgehead atoms. The number of aldehydes is 1. The largest absolute Gasteiger partial charge is 0.297 e. The highest BCUT2D eigenvalue weighted by molar-refractivity contribution is 7.17. The van der Waals surface area contributed by atoms with Gasteiger partial charge < -0.3 is 0 Å². The molecule has 0 saturated heterocycles. The summed E-state index contributed by atoms with van der Waals surface area (Å²) in [4.78, 5) is 27.0. The number of hydrogen-bond acceptors (Lipinski definition) is 3. The van der Waals surface area contributed by atoms with E-state index in [0.717, 1.165) is 33.4 Å². The Kier molecular flexibility index (Phi) is 5.50. The lowest BCUT2D eigenvalue weighted by Crippen LogP contribution is -2.06. The number of hydrogen-bond donors (Lipinski definition) is 0. The molecule has 1 aromatic heterocycles. The fraction of sp³-hybridized carbons (Fsp3) is 0.0769. The molecule has 4 aromatic rings. The van der Waals surface area contributed by atoms with E-state index in [-0.39, 0.29) is 5.78 Å². The maximum atomic E-state index is 13.6. The van der Waals surface area contributed by atoms with Gasteiger partial charge in [0, 0.05) is 16.0 Å². The number of rotatable bonds is 6. The summed E-state index contributed by atoms with van der Waals surface area (Å²) >= 11 is 1.40. The lowest BCUT2D eigenvalue weighted by molar-refractivity contribution is 0.103. The van der Waals surface area contributed by atoms with Crippen LogP contribution in [0.5, 0.6) is 0 Å². The number of carbonyl (C=O) groups excluding carboxylic acids is 2. The Labute approximate surface area is 174 Å². The van der Waals surface area contributed by atoms with Crippen molar-refractivity contribution in [1.82, 2.24) is 0 Å². The minimum absolute atomic E-state index is 0.0441. The first-order valence-corrected chi connectivity index (χ1v) is 10.3. The molecule has 0 aliphatic carbocycles. The molecular weight excluding hydrogens is 376 g/mol. The van der Waals surface area contributed by atoms with Crippen LogP contribution in [-0.2, 0) is 6.42 Å². The minimum Gasteiger partial charge on any atom is -0.297 e. The van der Waals surface area contributed by atoms with Gasteiger partial charge in [0.05, 0.1) is 4.88 Å². The van der Waals surface area contributed by atoms with Crippen molar-refractivity contribution in [1.29, 1.82) is 0 Å². The summed E-state index contributed by atoms with van der Waals surface area (Å²) in [6.07, 6.45) is 1.43. The topological polar surface area (TPSA) is 34.1 Å². The maximum Gasteiger partial charge on any atom is 0.194 e. The van der Waals surface area contributed by atoms with Crippen LogP contribution >= 0.6 is 11.3 Å². The molecule has 0 spiro atoms. The molecule has 1 heterocycles. The van der Waals surface area contributed by atoms with Crippen molar-refractivity contribution in [3.63, 3.8) is 0 Å². The number of ketones is 1. The molecule has 0 aliphatic rings. The monoisotopic (exact) mass is 396 g/mol. The molecule has 3 aromatic carbocycles. The fourth-order valence-electron chi connectivity index (χ4n) is 3.52. The van der Waals surface area contributed by atoms with Crippen molar-refractivity contribution in [2.24, 2.45) is 0 Å². The second-order valence-electron chi connectivity index (χ2n) is 6.99. The molecule has 0 atom stereocenters. The zero-order chi connectivity index (χ0) is 20.2. The maximum absolute atomic E-state index is 13.6. The number of carbonyl (C=O) groups is 2. The molecule has 4 rings (SSSR count). The van der Waals surface area contributed by atoms with E-state index < -0.39 is 0 Å². The third kappa shape index (κ3) is 3.96. The first kappa shape index (κ1) is 19.0. The number of benzene rings is 3. The van der Waals surface area contributed by atoms with Crippen molar-refractivity contribution in [3.05, 3.63) is 118 Å². The third-order valence-corrected chi connectivity index (χ3v) is 6.12. The summed E-state index contributed by atoms with van der Waals surface area (Å²) in [7, 11) is 0. The number of thiophene rings is 1. The molecule has 0 amide bonds. The van der Waals surface area contributed by atoms with Gasteiger partial charge in [-0.15, -0.1) is 11.3 Å². The van der Waals surface area contributed by atoms with E-state index in [9.17, 15) is 9.59 Å². The van der Waals surface area contributed by atoms with Crippen LogP contribution in [0.25, 0.3) is 10.4 Å². The van der Waals surface area contributed by atoms with Gasteiger partial charge in [-0.2, -0.15) is 0 Å². The van der Waals surface area contributed by atoms with Crippen LogP contribution in [0.4, 0.5) is 0 Å². The Morgan fingerprint density at radius 3 is 2.24 bits per heavy atom. The Morgan fingerprint density at radius 1 is 0.897 bits per heavy atom. The van der Waals surface area contributed by atoms with E-state index in [4.69, 9.17) is 0 Å². The second kappa shape index (κ2) is 8.38. The van der Waals surface area contributed by atoms with Gasteiger partial charge >= 0.3 is 0 Å². The Hall–Kier alpha value is -3.30. The van der Waals surface area contributed by atoms with Gasteiger partial charge in [0.15, 0.2) is 12.1 Å². The fourth-order valence-corrected chi connectivity index (χ4v) is 4.65. The van der Waals surface area contributed by atoms with E-state index in [1.54, 1.807) is 0 Å². The van der Waals surface area contributed by atoms with E-state index in [1.165, 1.54) is 11.3 Å². The Balaban J connectivity index is 1.94. The molecular formula is C26H20O2S. The summed E-state index contributed by atoms with van der Waals surface area (Å²) in [5.74, 6) is -0.0441. The molecule has 0 radical (unpaired) electrons. The molecule has 0 N–H and O–H groups in total. The minimum atomic E-state index is -0.0441. The van der Waals surface area contributed by atoms with Crippen molar-refractivity contribution in [2.45, 2.75) is 13.3 Å². The SMILES string of the molecule is Cc1cccc(-c2sc(C=O)c(Cc3ccccc3)c2C(=O)c2ccccc2)c1. The molecule has 0 saturated carbocycles. The van der Waals surface area contributed by atoms with Crippen LogP contribution in [0.2, 0.25) is 0 Å². The predicted octanol–water partition coefficient (Wildman–Crippen LogP) is 6.36. The van der Waals surface area contributed by atoms with Crippen molar-refractivity contribution in [2.75, 3.05) is 0 Å². The second-order valence-corrected chi connectivity index (χ2v) is 8.05. The van der Waals surface area contributed by atoms with Gasteiger partial charge in [0.2, 0.25) is 0 Å². The van der Waals surface area contributed by atoms with Crippen LogP contribution in [-0.4, -0.2) is 12.1 Å². The Bertz CT molecular complexity index is 1160. The van der Waals surface area contributed by atoms with Crippen molar-refractivity contribution in [3.8, 4) is 10.4 Å². The quantitative estimate of drug-likeness (QED) is 0.281. The van der Waals surface area contributed by atoms with E-state index >= 15 is 0 Å². The standard InChI is InChI=1S/C26H20O2S/c1-18-9-8-14-21(15-18)26-24(25(28)20-12-6-3-7-13-20)22(23(17-27)29-26)16-19-10-4-2-5-11-19/h2-15,17H,16H2,1H3. The molecule has 142 valence electrons. The molecule has 2 nitrogen and oxygen atoms in total. The van der Waals surface area contributed by atoms with Gasteiger partial charge in [-0.3, -0.25) is 9.59 Å². The lowest BCUT2D eigenvalue weighted by Gasteiger charge is -2.09. The van der Waals surface area contributed by atoms with E-state index in [2.05, 4.69) is 6.07 Å². The normalized spacial score (nSPS) is 10.7. The van der Waals surface area contributed by atoms with Crippen molar-refractivity contribution >= 4 is 23.4 Å². The van der Waals surface area contributed by atoms with E-state index in [0.29, 0.717) is 22.4 Å². The Morgan fingerprint density at radius 2 is 1.59 bits per heavy atom. The average molecular weight is 397 g/mol. The van der Waals surface area contributed by atoms with Gasteiger partial charge in [0.25, 0.3) is 0 Å².